The van der Waals surface area contributed by atoms with Gasteiger partial charge >= 0.3 is 0 Å². The molecular formula is C19H19NO. The number of fused-ring (bicyclic) bond motifs is 1. The van der Waals surface area contributed by atoms with Crippen LogP contribution in [0.4, 0.5) is 0 Å². The van der Waals surface area contributed by atoms with Gasteiger partial charge in [-0.15, -0.1) is 0 Å². The summed E-state index contributed by atoms with van der Waals surface area (Å²) in [6, 6.07) is 18.3. The van der Waals surface area contributed by atoms with Crippen molar-refractivity contribution in [2.45, 2.75) is 26.4 Å². The zero-order valence-corrected chi connectivity index (χ0v) is 12.4. The molecule has 0 aliphatic rings. The molecule has 0 aliphatic heterocycles. The maximum Gasteiger partial charge on any atom is 0.0837 e. The van der Waals surface area contributed by atoms with E-state index in [-0.39, 0.29) is 0 Å². The third kappa shape index (κ3) is 2.96. The average molecular weight is 277 g/mol. The van der Waals surface area contributed by atoms with Crippen LogP contribution in [0.1, 0.15) is 28.5 Å². The first-order valence-electron chi connectivity index (χ1n) is 7.23. The number of nitrogens with zero attached hydrogens (tertiary/aromatic N) is 1. The van der Waals surface area contributed by atoms with Crippen LogP contribution < -0.4 is 0 Å². The molecule has 0 saturated carbocycles. The highest BCUT2D eigenvalue weighted by Gasteiger charge is 2.13. The molecule has 3 aromatic rings. The second kappa shape index (κ2) is 5.66. The van der Waals surface area contributed by atoms with Crippen LogP contribution in [0.15, 0.2) is 54.6 Å². The minimum Gasteiger partial charge on any atom is -0.388 e. The summed E-state index contributed by atoms with van der Waals surface area (Å²) in [6.07, 6.45) is 0.105. The van der Waals surface area contributed by atoms with Crippen LogP contribution in [-0.2, 0) is 6.42 Å². The molecule has 21 heavy (non-hydrogen) atoms. The molecule has 1 aromatic heterocycles. The third-order valence-electron chi connectivity index (χ3n) is 3.75. The fourth-order valence-corrected chi connectivity index (χ4v) is 2.79. The molecule has 1 heterocycles. The normalized spacial score (nSPS) is 12.5. The van der Waals surface area contributed by atoms with Crippen molar-refractivity contribution in [2.24, 2.45) is 0 Å². The van der Waals surface area contributed by atoms with E-state index in [4.69, 9.17) is 0 Å². The highest BCUT2D eigenvalue weighted by Crippen LogP contribution is 2.26. The summed E-state index contributed by atoms with van der Waals surface area (Å²) in [7, 11) is 0. The number of aryl methyl sites for hydroxylation is 2. The largest absolute Gasteiger partial charge is 0.388 e. The summed E-state index contributed by atoms with van der Waals surface area (Å²) >= 11 is 0. The second-order valence-electron chi connectivity index (χ2n) is 5.58. The summed E-state index contributed by atoms with van der Waals surface area (Å²) in [6.45, 7) is 4.04. The van der Waals surface area contributed by atoms with E-state index < -0.39 is 6.10 Å². The number of para-hydroxylation sites is 1. The van der Waals surface area contributed by atoms with Gasteiger partial charge in [0, 0.05) is 17.5 Å². The van der Waals surface area contributed by atoms with E-state index in [9.17, 15) is 5.11 Å². The Kier molecular flexibility index (Phi) is 3.72. The number of rotatable bonds is 3. The van der Waals surface area contributed by atoms with Crippen molar-refractivity contribution in [1.82, 2.24) is 4.98 Å². The molecule has 1 unspecified atom stereocenters. The van der Waals surface area contributed by atoms with Gasteiger partial charge in [-0.05, 0) is 37.1 Å². The lowest BCUT2D eigenvalue weighted by atomic mass is 9.97. The van der Waals surface area contributed by atoms with Crippen LogP contribution in [0.2, 0.25) is 0 Å². The number of aliphatic hydroxyl groups is 1. The van der Waals surface area contributed by atoms with Crippen LogP contribution in [0.3, 0.4) is 0 Å². The Morgan fingerprint density at radius 3 is 2.62 bits per heavy atom. The zero-order chi connectivity index (χ0) is 14.8. The van der Waals surface area contributed by atoms with Gasteiger partial charge < -0.3 is 5.11 Å². The predicted molar refractivity (Wildman–Crippen MR) is 86.3 cm³/mol. The number of aromatic nitrogens is 1. The molecule has 0 aliphatic carbocycles. The van der Waals surface area contributed by atoms with Gasteiger partial charge in [-0.1, -0.05) is 48.0 Å². The highest BCUT2D eigenvalue weighted by molar-refractivity contribution is 5.82. The first-order valence-corrected chi connectivity index (χ1v) is 7.23. The molecule has 106 valence electrons. The van der Waals surface area contributed by atoms with Gasteiger partial charge in [0.25, 0.3) is 0 Å². The summed E-state index contributed by atoms with van der Waals surface area (Å²) in [5.74, 6) is 0. The van der Waals surface area contributed by atoms with Crippen molar-refractivity contribution in [3.63, 3.8) is 0 Å². The molecule has 0 bridgehead atoms. The van der Waals surface area contributed by atoms with Crippen LogP contribution in [0, 0.1) is 13.8 Å². The lowest BCUT2D eigenvalue weighted by Crippen LogP contribution is -2.04. The van der Waals surface area contributed by atoms with E-state index in [1.807, 2.05) is 43.3 Å². The number of hydrogen-bond acceptors (Lipinski definition) is 2. The van der Waals surface area contributed by atoms with Crippen LogP contribution in [0.5, 0.6) is 0 Å². The number of pyridine rings is 1. The molecule has 0 radical (unpaired) electrons. The first-order chi connectivity index (χ1) is 10.1. The van der Waals surface area contributed by atoms with Crippen molar-refractivity contribution < 1.29 is 5.11 Å². The van der Waals surface area contributed by atoms with Crippen molar-refractivity contribution in [1.29, 1.82) is 0 Å². The van der Waals surface area contributed by atoms with Gasteiger partial charge in [0.2, 0.25) is 0 Å². The van der Waals surface area contributed by atoms with Gasteiger partial charge in [-0.3, -0.25) is 4.98 Å². The predicted octanol–water partition coefficient (Wildman–Crippen LogP) is 4.13. The zero-order valence-electron chi connectivity index (χ0n) is 12.4. The summed E-state index contributed by atoms with van der Waals surface area (Å²) in [5.41, 5.74) is 5.21. The van der Waals surface area contributed by atoms with Gasteiger partial charge in [0.15, 0.2) is 0 Å². The molecular weight excluding hydrogens is 258 g/mol. The molecule has 2 aromatic carbocycles. The quantitative estimate of drug-likeness (QED) is 0.781. The first kappa shape index (κ1) is 13.8. The SMILES string of the molecule is Cc1cccc(CC(O)c2cc(C)nc3ccccc23)c1. The van der Waals surface area contributed by atoms with E-state index in [0.717, 1.165) is 27.7 Å². The molecule has 0 spiro atoms. The van der Waals surface area contributed by atoms with E-state index >= 15 is 0 Å². The van der Waals surface area contributed by atoms with Crippen LogP contribution in [0.25, 0.3) is 10.9 Å². The molecule has 2 heteroatoms. The maximum absolute atomic E-state index is 10.7. The Morgan fingerprint density at radius 2 is 1.81 bits per heavy atom. The highest BCUT2D eigenvalue weighted by atomic mass is 16.3. The lowest BCUT2D eigenvalue weighted by Gasteiger charge is -2.15. The molecule has 0 fully saturated rings. The molecule has 3 rings (SSSR count). The van der Waals surface area contributed by atoms with Crippen molar-refractivity contribution in [3.8, 4) is 0 Å². The fraction of sp³-hybridized carbons (Fsp3) is 0.211. The van der Waals surface area contributed by atoms with E-state index in [1.54, 1.807) is 0 Å². The van der Waals surface area contributed by atoms with Crippen LogP contribution >= 0.6 is 0 Å². The summed E-state index contributed by atoms with van der Waals surface area (Å²) in [4.78, 5) is 4.53. The standard InChI is InChI=1S/C19H19NO/c1-13-6-5-7-15(10-13)12-19(21)17-11-14(2)20-18-9-4-3-8-16(17)18/h3-11,19,21H,12H2,1-2H3. The number of hydrogen-bond donors (Lipinski definition) is 1. The lowest BCUT2D eigenvalue weighted by molar-refractivity contribution is 0.180. The van der Waals surface area contributed by atoms with Gasteiger partial charge in [-0.25, -0.2) is 0 Å². The van der Waals surface area contributed by atoms with Gasteiger partial charge in [0.1, 0.15) is 0 Å². The Bertz CT molecular complexity index is 779. The Hall–Kier alpha value is -2.19. The van der Waals surface area contributed by atoms with E-state index in [1.165, 1.54) is 5.56 Å². The van der Waals surface area contributed by atoms with E-state index in [2.05, 4.69) is 30.1 Å². The molecule has 2 nitrogen and oxygen atoms in total. The van der Waals surface area contributed by atoms with Crippen molar-refractivity contribution in [3.05, 3.63) is 77.0 Å². The molecule has 1 atom stereocenters. The minimum atomic E-state index is -0.515. The van der Waals surface area contributed by atoms with Crippen molar-refractivity contribution in [2.75, 3.05) is 0 Å². The smallest absolute Gasteiger partial charge is 0.0837 e. The van der Waals surface area contributed by atoms with Gasteiger partial charge in [0.05, 0.1) is 11.6 Å². The fourth-order valence-electron chi connectivity index (χ4n) is 2.79. The maximum atomic E-state index is 10.7. The number of benzene rings is 2. The van der Waals surface area contributed by atoms with E-state index in [0.29, 0.717) is 6.42 Å². The Labute approximate surface area is 125 Å². The average Bonchev–Trinajstić information content (AvgIpc) is 2.46. The topological polar surface area (TPSA) is 33.1 Å². The summed E-state index contributed by atoms with van der Waals surface area (Å²) in [5, 5.41) is 11.7. The molecule has 0 saturated heterocycles. The minimum absolute atomic E-state index is 0.515. The third-order valence-corrected chi connectivity index (χ3v) is 3.75. The molecule has 0 amide bonds. The van der Waals surface area contributed by atoms with Crippen LogP contribution in [-0.4, -0.2) is 10.1 Å². The molecule has 1 N–H and O–H groups in total. The second-order valence-corrected chi connectivity index (χ2v) is 5.58. The number of aliphatic hydroxyl groups excluding tert-OH is 1. The van der Waals surface area contributed by atoms with Crippen molar-refractivity contribution >= 4 is 10.9 Å². The summed E-state index contributed by atoms with van der Waals surface area (Å²) < 4.78 is 0. The monoisotopic (exact) mass is 277 g/mol. The Balaban J connectivity index is 1.99. The van der Waals surface area contributed by atoms with Gasteiger partial charge in [-0.2, -0.15) is 0 Å². The Morgan fingerprint density at radius 1 is 1.00 bits per heavy atom.